The lowest BCUT2D eigenvalue weighted by atomic mass is 10.1. The Kier molecular flexibility index (Phi) is 4.73. The molecule has 6 heteroatoms. The Morgan fingerprint density at radius 1 is 1.07 bits per heavy atom. The number of esters is 1. The summed E-state index contributed by atoms with van der Waals surface area (Å²) < 4.78 is 12.9. The SMILES string of the molecule is COC(=O)c1cccc(N2CC(Oc3ccc(C#N)cc3)C2)c1-n1cccc1. The average molecular weight is 373 g/mol. The van der Waals surface area contributed by atoms with Crippen molar-refractivity contribution in [2.24, 2.45) is 0 Å². The number of hydrogen-bond acceptors (Lipinski definition) is 5. The van der Waals surface area contributed by atoms with Crippen LogP contribution in [0.3, 0.4) is 0 Å². The molecule has 140 valence electrons. The van der Waals surface area contributed by atoms with Gasteiger partial charge in [-0.2, -0.15) is 5.26 Å². The molecule has 0 spiro atoms. The quantitative estimate of drug-likeness (QED) is 0.641. The van der Waals surface area contributed by atoms with Gasteiger partial charge >= 0.3 is 5.97 Å². The second-order valence-corrected chi connectivity index (χ2v) is 6.54. The number of rotatable bonds is 5. The molecule has 0 amide bonds. The van der Waals surface area contributed by atoms with E-state index in [4.69, 9.17) is 14.7 Å². The van der Waals surface area contributed by atoms with E-state index in [-0.39, 0.29) is 12.1 Å². The van der Waals surface area contributed by atoms with Crippen molar-refractivity contribution >= 4 is 11.7 Å². The molecule has 0 bridgehead atoms. The molecule has 2 aromatic carbocycles. The fraction of sp³-hybridized carbons (Fsp3) is 0.182. The highest BCUT2D eigenvalue weighted by atomic mass is 16.5. The summed E-state index contributed by atoms with van der Waals surface area (Å²) in [5.74, 6) is 0.383. The van der Waals surface area contributed by atoms with Crippen molar-refractivity contribution in [1.82, 2.24) is 4.57 Å². The Balaban J connectivity index is 1.54. The van der Waals surface area contributed by atoms with Gasteiger partial charge in [0, 0.05) is 12.4 Å². The second kappa shape index (κ2) is 7.49. The molecule has 1 aliphatic heterocycles. The van der Waals surface area contributed by atoms with E-state index in [1.54, 1.807) is 18.2 Å². The smallest absolute Gasteiger partial charge is 0.340 e. The molecule has 1 fully saturated rings. The van der Waals surface area contributed by atoms with E-state index in [0.717, 1.165) is 17.1 Å². The fourth-order valence-corrected chi connectivity index (χ4v) is 3.33. The Bertz CT molecular complexity index is 1010. The van der Waals surface area contributed by atoms with Crippen LogP contribution in [0.5, 0.6) is 5.75 Å². The first kappa shape index (κ1) is 17.7. The standard InChI is InChI=1S/C22H19N3O3/c1-27-22(26)19-5-4-6-20(21(19)24-11-2-3-12-24)25-14-18(15-25)28-17-9-7-16(13-23)8-10-17/h2-12,18H,14-15H2,1H3. The van der Waals surface area contributed by atoms with Gasteiger partial charge in [0.25, 0.3) is 0 Å². The number of carbonyl (C=O) groups excluding carboxylic acids is 1. The van der Waals surface area contributed by atoms with Gasteiger partial charge in [0.15, 0.2) is 0 Å². The lowest BCUT2D eigenvalue weighted by molar-refractivity contribution is 0.0601. The van der Waals surface area contributed by atoms with E-state index < -0.39 is 0 Å². The molecule has 0 radical (unpaired) electrons. The first-order valence-electron chi connectivity index (χ1n) is 8.96. The number of methoxy groups -OCH3 is 1. The minimum absolute atomic E-state index is 0.0484. The van der Waals surface area contributed by atoms with Gasteiger partial charge in [-0.15, -0.1) is 0 Å². The number of hydrogen-bond donors (Lipinski definition) is 0. The van der Waals surface area contributed by atoms with E-state index in [0.29, 0.717) is 24.2 Å². The number of ether oxygens (including phenoxy) is 2. The van der Waals surface area contributed by atoms with Gasteiger partial charge in [-0.25, -0.2) is 4.79 Å². The zero-order valence-corrected chi connectivity index (χ0v) is 15.4. The van der Waals surface area contributed by atoms with Crippen molar-refractivity contribution in [2.45, 2.75) is 6.10 Å². The predicted octanol–water partition coefficient (Wildman–Crippen LogP) is 3.40. The van der Waals surface area contributed by atoms with Gasteiger partial charge in [0.05, 0.1) is 48.8 Å². The summed E-state index contributed by atoms with van der Waals surface area (Å²) in [5, 5.41) is 8.88. The van der Waals surface area contributed by atoms with Gasteiger partial charge < -0.3 is 18.9 Å². The van der Waals surface area contributed by atoms with Crippen LogP contribution < -0.4 is 9.64 Å². The number of benzene rings is 2. The highest BCUT2D eigenvalue weighted by molar-refractivity contribution is 5.96. The third-order valence-corrected chi connectivity index (χ3v) is 4.76. The van der Waals surface area contributed by atoms with Crippen LogP contribution >= 0.6 is 0 Å². The van der Waals surface area contributed by atoms with Gasteiger partial charge in [-0.3, -0.25) is 0 Å². The fourth-order valence-electron chi connectivity index (χ4n) is 3.33. The highest BCUT2D eigenvalue weighted by Gasteiger charge is 2.31. The van der Waals surface area contributed by atoms with Crippen molar-refractivity contribution in [2.75, 3.05) is 25.1 Å². The largest absolute Gasteiger partial charge is 0.487 e. The Morgan fingerprint density at radius 2 is 1.79 bits per heavy atom. The molecular weight excluding hydrogens is 354 g/mol. The van der Waals surface area contributed by atoms with Gasteiger partial charge in [-0.05, 0) is 48.5 Å². The Labute approximate surface area is 163 Å². The molecule has 0 N–H and O–H groups in total. The number of para-hydroxylation sites is 1. The van der Waals surface area contributed by atoms with E-state index in [9.17, 15) is 4.79 Å². The van der Waals surface area contributed by atoms with Crippen LogP contribution in [0.2, 0.25) is 0 Å². The predicted molar refractivity (Wildman–Crippen MR) is 105 cm³/mol. The Morgan fingerprint density at radius 3 is 2.43 bits per heavy atom. The number of anilines is 1. The number of nitriles is 1. The van der Waals surface area contributed by atoms with Crippen molar-refractivity contribution in [3.63, 3.8) is 0 Å². The number of aromatic nitrogens is 1. The summed E-state index contributed by atoms with van der Waals surface area (Å²) in [4.78, 5) is 14.4. The van der Waals surface area contributed by atoms with E-state index >= 15 is 0 Å². The molecule has 28 heavy (non-hydrogen) atoms. The average Bonchev–Trinajstić information content (AvgIpc) is 3.24. The third kappa shape index (κ3) is 3.30. The monoisotopic (exact) mass is 373 g/mol. The summed E-state index contributed by atoms with van der Waals surface area (Å²) in [6, 6.07) is 18.7. The number of carbonyl (C=O) groups is 1. The maximum atomic E-state index is 12.3. The summed E-state index contributed by atoms with van der Waals surface area (Å²) in [5.41, 5.74) is 2.89. The summed E-state index contributed by atoms with van der Waals surface area (Å²) in [6.45, 7) is 1.41. The van der Waals surface area contributed by atoms with E-state index in [1.165, 1.54) is 7.11 Å². The summed E-state index contributed by atoms with van der Waals surface area (Å²) in [7, 11) is 1.39. The van der Waals surface area contributed by atoms with Gasteiger partial charge in [0.1, 0.15) is 11.9 Å². The normalized spacial score (nSPS) is 13.5. The van der Waals surface area contributed by atoms with Gasteiger partial charge in [-0.1, -0.05) is 6.07 Å². The van der Waals surface area contributed by atoms with Crippen molar-refractivity contribution in [1.29, 1.82) is 5.26 Å². The molecule has 1 aromatic heterocycles. The topological polar surface area (TPSA) is 67.5 Å². The minimum Gasteiger partial charge on any atom is -0.487 e. The molecular formula is C22H19N3O3. The first-order chi connectivity index (χ1) is 13.7. The van der Waals surface area contributed by atoms with Crippen LogP contribution in [0.15, 0.2) is 67.0 Å². The van der Waals surface area contributed by atoms with Gasteiger partial charge in [0.2, 0.25) is 0 Å². The van der Waals surface area contributed by atoms with Crippen molar-refractivity contribution in [3.8, 4) is 17.5 Å². The molecule has 4 rings (SSSR count). The molecule has 6 nitrogen and oxygen atoms in total. The highest BCUT2D eigenvalue weighted by Crippen LogP contribution is 2.33. The van der Waals surface area contributed by atoms with Crippen molar-refractivity contribution in [3.05, 3.63) is 78.1 Å². The van der Waals surface area contributed by atoms with Crippen LogP contribution in [0.1, 0.15) is 15.9 Å². The van der Waals surface area contributed by atoms with Crippen molar-refractivity contribution < 1.29 is 14.3 Å². The molecule has 0 saturated carbocycles. The third-order valence-electron chi connectivity index (χ3n) is 4.76. The lowest BCUT2D eigenvalue weighted by Gasteiger charge is -2.41. The summed E-state index contributed by atoms with van der Waals surface area (Å²) >= 11 is 0. The molecule has 3 aromatic rings. The molecule has 0 unspecified atom stereocenters. The van der Waals surface area contributed by atoms with Crippen LogP contribution in [0, 0.1) is 11.3 Å². The zero-order valence-electron chi connectivity index (χ0n) is 15.4. The van der Waals surface area contributed by atoms with Crippen LogP contribution in [-0.4, -0.2) is 36.8 Å². The van der Waals surface area contributed by atoms with Crippen LogP contribution in [0.4, 0.5) is 5.69 Å². The molecule has 1 aliphatic rings. The second-order valence-electron chi connectivity index (χ2n) is 6.54. The minimum atomic E-state index is -0.364. The molecule has 0 atom stereocenters. The summed E-state index contributed by atoms with van der Waals surface area (Å²) in [6.07, 6.45) is 3.87. The maximum absolute atomic E-state index is 12.3. The van der Waals surface area contributed by atoms with Crippen LogP contribution in [0.25, 0.3) is 5.69 Å². The maximum Gasteiger partial charge on any atom is 0.340 e. The Hall–Kier alpha value is -3.72. The molecule has 0 aliphatic carbocycles. The first-order valence-corrected chi connectivity index (χ1v) is 8.96. The number of nitrogens with zero attached hydrogens (tertiary/aromatic N) is 3. The molecule has 1 saturated heterocycles. The zero-order chi connectivity index (χ0) is 19.5. The van der Waals surface area contributed by atoms with E-state index in [2.05, 4.69) is 11.0 Å². The lowest BCUT2D eigenvalue weighted by Crippen LogP contribution is -2.54. The van der Waals surface area contributed by atoms with Crippen LogP contribution in [-0.2, 0) is 4.74 Å². The van der Waals surface area contributed by atoms with E-state index in [1.807, 2.05) is 53.4 Å². The molecule has 2 heterocycles.